The molecule has 2 amide bonds. The van der Waals surface area contributed by atoms with E-state index in [1.54, 1.807) is 18.2 Å². The average molecular weight is 335 g/mol. The van der Waals surface area contributed by atoms with Crippen molar-refractivity contribution in [2.45, 2.75) is 39.5 Å². The van der Waals surface area contributed by atoms with Crippen LogP contribution in [0, 0.1) is 0 Å². The topological polar surface area (TPSA) is 84.0 Å². The predicted molar refractivity (Wildman–Crippen MR) is 91.6 cm³/mol. The SMILES string of the molecule is CCCC(=O)Nc1nc2ccc(Cl)cc2nc1NC(=O)CCC. The van der Waals surface area contributed by atoms with Gasteiger partial charge in [0.05, 0.1) is 11.0 Å². The van der Waals surface area contributed by atoms with Gasteiger partial charge in [-0.3, -0.25) is 9.59 Å². The summed E-state index contributed by atoms with van der Waals surface area (Å²) in [6.45, 7) is 3.83. The number of amides is 2. The van der Waals surface area contributed by atoms with Gasteiger partial charge >= 0.3 is 0 Å². The van der Waals surface area contributed by atoms with Crippen LogP contribution in [-0.4, -0.2) is 21.8 Å². The number of hydrogen-bond acceptors (Lipinski definition) is 4. The van der Waals surface area contributed by atoms with Crippen LogP contribution >= 0.6 is 11.6 Å². The molecule has 1 heterocycles. The molecule has 1 aromatic carbocycles. The number of carbonyl (C=O) groups is 2. The van der Waals surface area contributed by atoms with Crippen molar-refractivity contribution in [2.75, 3.05) is 10.6 Å². The lowest BCUT2D eigenvalue weighted by Gasteiger charge is -2.12. The molecule has 7 heteroatoms. The van der Waals surface area contributed by atoms with Crippen molar-refractivity contribution in [2.24, 2.45) is 0 Å². The van der Waals surface area contributed by atoms with E-state index in [-0.39, 0.29) is 23.5 Å². The number of nitrogens with one attached hydrogen (secondary N) is 2. The zero-order chi connectivity index (χ0) is 16.8. The van der Waals surface area contributed by atoms with E-state index in [0.29, 0.717) is 28.9 Å². The van der Waals surface area contributed by atoms with Crippen LogP contribution in [0.2, 0.25) is 5.02 Å². The Morgan fingerprint density at radius 2 is 1.48 bits per heavy atom. The van der Waals surface area contributed by atoms with Gasteiger partial charge in [0.15, 0.2) is 11.6 Å². The lowest BCUT2D eigenvalue weighted by atomic mass is 10.3. The van der Waals surface area contributed by atoms with Crippen LogP contribution in [-0.2, 0) is 9.59 Å². The van der Waals surface area contributed by atoms with E-state index >= 15 is 0 Å². The first-order valence-corrected chi connectivity index (χ1v) is 7.98. The molecule has 0 radical (unpaired) electrons. The van der Waals surface area contributed by atoms with Gasteiger partial charge in [0, 0.05) is 17.9 Å². The predicted octanol–water partition coefficient (Wildman–Crippen LogP) is 3.76. The molecule has 0 unspecified atom stereocenters. The number of hydrogen-bond donors (Lipinski definition) is 2. The molecule has 2 aromatic rings. The van der Waals surface area contributed by atoms with Crippen LogP contribution in [0.15, 0.2) is 18.2 Å². The van der Waals surface area contributed by atoms with Crippen LogP contribution < -0.4 is 10.6 Å². The number of benzene rings is 1. The highest BCUT2D eigenvalue weighted by Gasteiger charge is 2.14. The Kier molecular flexibility index (Phi) is 5.87. The monoisotopic (exact) mass is 334 g/mol. The van der Waals surface area contributed by atoms with Crippen molar-refractivity contribution >= 4 is 46.1 Å². The van der Waals surface area contributed by atoms with Gasteiger partial charge in [0.25, 0.3) is 0 Å². The molecule has 0 saturated carbocycles. The second-order valence-electron chi connectivity index (χ2n) is 5.15. The van der Waals surface area contributed by atoms with E-state index in [0.717, 1.165) is 12.8 Å². The summed E-state index contributed by atoms with van der Waals surface area (Å²) in [7, 11) is 0. The van der Waals surface area contributed by atoms with Gasteiger partial charge in [0.2, 0.25) is 11.8 Å². The fraction of sp³-hybridized carbons (Fsp3) is 0.375. The van der Waals surface area contributed by atoms with Gasteiger partial charge in [-0.2, -0.15) is 0 Å². The molecule has 6 nitrogen and oxygen atoms in total. The molecular formula is C16H19ClN4O2. The fourth-order valence-corrected chi connectivity index (χ4v) is 2.21. The lowest BCUT2D eigenvalue weighted by Crippen LogP contribution is -2.18. The minimum absolute atomic E-state index is 0.166. The normalized spacial score (nSPS) is 10.6. The summed E-state index contributed by atoms with van der Waals surface area (Å²) in [6, 6.07) is 5.08. The number of halogens is 1. The molecule has 23 heavy (non-hydrogen) atoms. The molecule has 122 valence electrons. The van der Waals surface area contributed by atoms with Crippen molar-refractivity contribution < 1.29 is 9.59 Å². The number of rotatable bonds is 6. The van der Waals surface area contributed by atoms with Gasteiger partial charge in [-0.1, -0.05) is 25.4 Å². The van der Waals surface area contributed by atoms with Gasteiger partial charge < -0.3 is 10.6 Å². The quantitative estimate of drug-likeness (QED) is 0.842. The summed E-state index contributed by atoms with van der Waals surface area (Å²) in [6.07, 6.45) is 2.19. The summed E-state index contributed by atoms with van der Waals surface area (Å²) in [4.78, 5) is 32.5. The maximum atomic E-state index is 11.9. The van der Waals surface area contributed by atoms with E-state index < -0.39 is 0 Å². The highest BCUT2D eigenvalue weighted by Crippen LogP contribution is 2.24. The molecule has 0 spiro atoms. The third-order valence-corrected chi connectivity index (χ3v) is 3.33. The molecule has 1 aromatic heterocycles. The molecule has 0 fully saturated rings. The van der Waals surface area contributed by atoms with Crippen molar-refractivity contribution in [3.8, 4) is 0 Å². The molecule has 0 aliphatic carbocycles. The van der Waals surface area contributed by atoms with Crippen molar-refractivity contribution in [1.82, 2.24) is 9.97 Å². The summed E-state index contributed by atoms with van der Waals surface area (Å²) in [5, 5.41) is 5.93. The molecule has 0 atom stereocenters. The Morgan fingerprint density at radius 3 is 2.00 bits per heavy atom. The molecule has 2 N–H and O–H groups in total. The van der Waals surface area contributed by atoms with E-state index in [1.165, 1.54) is 0 Å². The van der Waals surface area contributed by atoms with E-state index in [9.17, 15) is 9.59 Å². The third-order valence-electron chi connectivity index (χ3n) is 3.10. The lowest BCUT2D eigenvalue weighted by molar-refractivity contribution is -0.117. The van der Waals surface area contributed by atoms with Crippen LogP contribution in [0.25, 0.3) is 11.0 Å². The second-order valence-corrected chi connectivity index (χ2v) is 5.59. The first kappa shape index (κ1) is 17.1. The Balaban J connectivity index is 2.41. The third kappa shape index (κ3) is 4.63. The molecule has 0 aliphatic rings. The van der Waals surface area contributed by atoms with Crippen molar-refractivity contribution in [1.29, 1.82) is 0 Å². The van der Waals surface area contributed by atoms with Crippen molar-refractivity contribution in [3.63, 3.8) is 0 Å². The van der Waals surface area contributed by atoms with Crippen LogP contribution in [0.1, 0.15) is 39.5 Å². The Hall–Kier alpha value is -2.21. The minimum Gasteiger partial charge on any atom is -0.308 e. The summed E-state index contributed by atoms with van der Waals surface area (Å²) >= 11 is 5.97. The fourth-order valence-electron chi connectivity index (χ4n) is 2.05. The largest absolute Gasteiger partial charge is 0.308 e. The van der Waals surface area contributed by atoms with Gasteiger partial charge in [-0.15, -0.1) is 0 Å². The number of carbonyl (C=O) groups excluding carboxylic acids is 2. The Morgan fingerprint density at radius 1 is 0.957 bits per heavy atom. The second kappa shape index (κ2) is 7.87. The van der Waals surface area contributed by atoms with Gasteiger partial charge in [-0.05, 0) is 31.0 Å². The zero-order valence-corrected chi connectivity index (χ0v) is 13.9. The molecule has 0 aliphatic heterocycles. The van der Waals surface area contributed by atoms with Crippen LogP contribution in [0.5, 0.6) is 0 Å². The van der Waals surface area contributed by atoms with Crippen molar-refractivity contribution in [3.05, 3.63) is 23.2 Å². The number of anilines is 2. The summed E-state index contributed by atoms with van der Waals surface area (Å²) < 4.78 is 0. The average Bonchev–Trinajstić information content (AvgIpc) is 2.48. The number of nitrogens with zero attached hydrogens (tertiary/aromatic N) is 2. The molecule has 0 bridgehead atoms. The van der Waals surface area contributed by atoms with Crippen LogP contribution in [0.3, 0.4) is 0 Å². The number of aromatic nitrogens is 2. The Bertz CT molecular complexity index is 733. The van der Waals surface area contributed by atoms with E-state index in [4.69, 9.17) is 11.6 Å². The summed E-state index contributed by atoms with van der Waals surface area (Å²) in [5.41, 5.74) is 1.15. The molecular weight excluding hydrogens is 316 g/mol. The standard InChI is InChI=1S/C16H19ClN4O2/c1-3-5-13(22)20-15-16(21-14(23)6-4-2)19-12-9-10(17)7-8-11(12)18-15/h7-9H,3-6H2,1-2H3,(H,18,20,22)(H,19,21,23). The first-order chi connectivity index (χ1) is 11.0. The molecule has 2 rings (SSSR count). The van der Waals surface area contributed by atoms with Gasteiger partial charge in [-0.25, -0.2) is 9.97 Å². The smallest absolute Gasteiger partial charge is 0.225 e. The van der Waals surface area contributed by atoms with Crippen LogP contribution in [0.4, 0.5) is 11.6 Å². The van der Waals surface area contributed by atoms with E-state index in [1.807, 2.05) is 13.8 Å². The number of fused-ring (bicyclic) bond motifs is 1. The maximum Gasteiger partial charge on any atom is 0.225 e. The highest BCUT2D eigenvalue weighted by molar-refractivity contribution is 6.31. The van der Waals surface area contributed by atoms with Gasteiger partial charge in [0.1, 0.15) is 0 Å². The summed E-state index contributed by atoms with van der Waals surface area (Å²) in [5.74, 6) is 0.153. The zero-order valence-electron chi connectivity index (χ0n) is 13.1. The Labute approximate surface area is 139 Å². The van der Waals surface area contributed by atoms with E-state index in [2.05, 4.69) is 20.6 Å². The molecule has 0 saturated heterocycles. The minimum atomic E-state index is -0.172. The highest BCUT2D eigenvalue weighted by atomic mass is 35.5. The first-order valence-electron chi connectivity index (χ1n) is 7.60. The maximum absolute atomic E-state index is 11.9.